The number of nitrogens with zero attached hydrogens (tertiary/aromatic N) is 1. The zero-order valence-corrected chi connectivity index (χ0v) is 9.71. The molecule has 2 rings (SSSR count). The summed E-state index contributed by atoms with van der Waals surface area (Å²) in [5, 5.41) is 6.45. The summed E-state index contributed by atoms with van der Waals surface area (Å²) >= 11 is 3.37. The maximum atomic E-state index is 11.1. The molecule has 1 N–H and O–H groups in total. The highest BCUT2D eigenvalue weighted by Crippen LogP contribution is 2.18. The van der Waals surface area contributed by atoms with Crippen molar-refractivity contribution in [2.75, 3.05) is 0 Å². The number of aromatic nitrogens is 2. The number of aryl methyl sites for hydroxylation is 1. The Balaban J connectivity index is 2.50. The fourth-order valence-corrected chi connectivity index (χ4v) is 1.53. The van der Waals surface area contributed by atoms with Crippen molar-refractivity contribution in [1.29, 1.82) is 0 Å². The van der Waals surface area contributed by atoms with Crippen LogP contribution in [0.25, 0.3) is 11.3 Å². The number of benzene rings is 1. The van der Waals surface area contributed by atoms with Crippen LogP contribution in [0.15, 0.2) is 39.6 Å². The van der Waals surface area contributed by atoms with E-state index in [9.17, 15) is 4.79 Å². The molecule has 3 nitrogen and oxygen atoms in total. The SMILES string of the molecule is Cc1cc(-c2ccc(Br)cc2)n[nH]c1=O. The Labute approximate surface area is 95.3 Å². The minimum Gasteiger partial charge on any atom is -0.268 e. The van der Waals surface area contributed by atoms with Gasteiger partial charge in [0.25, 0.3) is 5.56 Å². The van der Waals surface area contributed by atoms with Gasteiger partial charge in [-0.2, -0.15) is 5.10 Å². The Morgan fingerprint density at radius 2 is 1.93 bits per heavy atom. The molecule has 0 fully saturated rings. The van der Waals surface area contributed by atoms with E-state index in [1.807, 2.05) is 24.3 Å². The first kappa shape index (κ1) is 10.1. The van der Waals surface area contributed by atoms with Crippen molar-refractivity contribution in [2.24, 2.45) is 0 Å². The van der Waals surface area contributed by atoms with Gasteiger partial charge >= 0.3 is 0 Å². The number of halogens is 1. The Morgan fingerprint density at radius 3 is 2.53 bits per heavy atom. The van der Waals surface area contributed by atoms with Crippen LogP contribution in [0, 0.1) is 6.92 Å². The fraction of sp³-hybridized carbons (Fsp3) is 0.0909. The predicted octanol–water partition coefficient (Wildman–Crippen LogP) is 2.51. The maximum absolute atomic E-state index is 11.1. The molecule has 0 atom stereocenters. The van der Waals surface area contributed by atoms with Crippen LogP contribution in [0.5, 0.6) is 0 Å². The fourth-order valence-electron chi connectivity index (χ4n) is 1.27. The molecule has 0 saturated carbocycles. The predicted molar refractivity (Wildman–Crippen MR) is 62.7 cm³/mol. The molecule has 0 aliphatic carbocycles. The summed E-state index contributed by atoms with van der Waals surface area (Å²) in [6.07, 6.45) is 0. The number of nitrogens with one attached hydrogen (secondary N) is 1. The average Bonchev–Trinajstić information content (AvgIpc) is 2.23. The van der Waals surface area contributed by atoms with Crippen LogP contribution in [0.2, 0.25) is 0 Å². The number of rotatable bonds is 1. The largest absolute Gasteiger partial charge is 0.268 e. The molecule has 0 bridgehead atoms. The van der Waals surface area contributed by atoms with E-state index in [0.717, 1.165) is 15.7 Å². The normalized spacial score (nSPS) is 10.3. The van der Waals surface area contributed by atoms with Crippen molar-refractivity contribution in [2.45, 2.75) is 6.92 Å². The van der Waals surface area contributed by atoms with Crippen molar-refractivity contribution in [3.05, 3.63) is 50.7 Å². The zero-order chi connectivity index (χ0) is 10.8. The lowest BCUT2D eigenvalue weighted by molar-refractivity contribution is 0.976. The van der Waals surface area contributed by atoms with E-state index in [0.29, 0.717) is 5.56 Å². The minimum atomic E-state index is -0.143. The molecular weight excluding hydrogens is 256 g/mol. The summed E-state index contributed by atoms with van der Waals surface area (Å²) < 4.78 is 1.02. The quantitative estimate of drug-likeness (QED) is 0.861. The molecule has 0 aliphatic heterocycles. The van der Waals surface area contributed by atoms with Gasteiger partial charge in [-0.25, -0.2) is 5.10 Å². The molecule has 0 unspecified atom stereocenters. The molecule has 1 heterocycles. The van der Waals surface area contributed by atoms with Crippen LogP contribution in [0.1, 0.15) is 5.56 Å². The van der Waals surface area contributed by atoms with Crippen LogP contribution in [-0.4, -0.2) is 10.2 Å². The van der Waals surface area contributed by atoms with Crippen LogP contribution in [0.3, 0.4) is 0 Å². The van der Waals surface area contributed by atoms with Crippen LogP contribution in [-0.2, 0) is 0 Å². The van der Waals surface area contributed by atoms with Crippen molar-refractivity contribution in [3.8, 4) is 11.3 Å². The number of hydrogen-bond donors (Lipinski definition) is 1. The van der Waals surface area contributed by atoms with Gasteiger partial charge in [-0.05, 0) is 25.1 Å². The van der Waals surface area contributed by atoms with Crippen molar-refractivity contribution in [1.82, 2.24) is 10.2 Å². The van der Waals surface area contributed by atoms with Gasteiger partial charge in [-0.3, -0.25) is 4.79 Å². The van der Waals surface area contributed by atoms with Crippen molar-refractivity contribution in [3.63, 3.8) is 0 Å². The molecule has 76 valence electrons. The molecule has 1 aromatic carbocycles. The number of aromatic amines is 1. The standard InChI is InChI=1S/C11H9BrN2O/c1-7-6-10(13-14-11(7)15)8-2-4-9(12)5-3-8/h2-6H,1H3,(H,14,15). The average molecular weight is 265 g/mol. The highest BCUT2D eigenvalue weighted by molar-refractivity contribution is 9.10. The molecule has 0 radical (unpaired) electrons. The minimum absolute atomic E-state index is 0.143. The van der Waals surface area contributed by atoms with Gasteiger partial charge in [0.05, 0.1) is 5.69 Å². The number of H-pyrrole nitrogens is 1. The Hall–Kier alpha value is -1.42. The van der Waals surface area contributed by atoms with Gasteiger partial charge < -0.3 is 0 Å². The third-order valence-corrected chi connectivity index (χ3v) is 2.66. The van der Waals surface area contributed by atoms with Gasteiger partial charge in [0.1, 0.15) is 0 Å². The van der Waals surface area contributed by atoms with Gasteiger partial charge in [-0.15, -0.1) is 0 Å². The molecular formula is C11H9BrN2O. The Kier molecular flexibility index (Phi) is 2.68. The van der Waals surface area contributed by atoms with E-state index < -0.39 is 0 Å². The first-order chi connectivity index (χ1) is 7.16. The van der Waals surface area contributed by atoms with E-state index in [-0.39, 0.29) is 5.56 Å². The van der Waals surface area contributed by atoms with Gasteiger partial charge in [0.2, 0.25) is 0 Å². The van der Waals surface area contributed by atoms with E-state index in [4.69, 9.17) is 0 Å². The lowest BCUT2D eigenvalue weighted by atomic mass is 10.1. The first-order valence-electron chi connectivity index (χ1n) is 4.49. The summed E-state index contributed by atoms with van der Waals surface area (Å²) in [5.74, 6) is 0. The third kappa shape index (κ3) is 2.15. The van der Waals surface area contributed by atoms with Crippen LogP contribution < -0.4 is 5.56 Å². The van der Waals surface area contributed by atoms with Gasteiger partial charge in [0.15, 0.2) is 0 Å². The second-order valence-corrected chi connectivity index (χ2v) is 4.19. The van der Waals surface area contributed by atoms with E-state index in [1.54, 1.807) is 13.0 Å². The molecule has 2 aromatic rings. The second-order valence-electron chi connectivity index (χ2n) is 3.27. The number of hydrogen-bond acceptors (Lipinski definition) is 2. The molecule has 15 heavy (non-hydrogen) atoms. The molecule has 1 aromatic heterocycles. The Morgan fingerprint density at radius 1 is 1.27 bits per heavy atom. The first-order valence-corrected chi connectivity index (χ1v) is 5.28. The summed E-state index contributed by atoms with van der Waals surface area (Å²) in [6, 6.07) is 9.56. The highest BCUT2D eigenvalue weighted by atomic mass is 79.9. The summed E-state index contributed by atoms with van der Waals surface area (Å²) in [6.45, 7) is 1.77. The van der Waals surface area contributed by atoms with E-state index in [1.165, 1.54) is 0 Å². The lowest BCUT2D eigenvalue weighted by Crippen LogP contribution is -2.11. The van der Waals surface area contributed by atoms with Crippen molar-refractivity contribution >= 4 is 15.9 Å². The summed E-state index contributed by atoms with van der Waals surface area (Å²) in [5.41, 5.74) is 2.29. The maximum Gasteiger partial charge on any atom is 0.267 e. The monoisotopic (exact) mass is 264 g/mol. The summed E-state index contributed by atoms with van der Waals surface area (Å²) in [4.78, 5) is 11.1. The van der Waals surface area contributed by atoms with Gasteiger partial charge in [-0.1, -0.05) is 28.1 Å². The van der Waals surface area contributed by atoms with Crippen molar-refractivity contribution < 1.29 is 0 Å². The topological polar surface area (TPSA) is 45.8 Å². The summed E-state index contributed by atoms with van der Waals surface area (Å²) in [7, 11) is 0. The van der Waals surface area contributed by atoms with Crippen LogP contribution >= 0.6 is 15.9 Å². The second kappa shape index (κ2) is 3.98. The molecule has 0 spiro atoms. The Bertz CT molecular complexity index is 531. The molecule has 4 heteroatoms. The smallest absolute Gasteiger partial charge is 0.267 e. The lowest BCUT2D eigenvalue weighted by Gasteiger charge is -2.00. The third-order valence-electron chi connectivity index (χ3n) is 2.13. The molecule has 0 aliphatic rings. The molecule has 0 amide bonds. The van der Waals surface area contributed by atoms with E-state index >= 15 is 0 Å². The zero-order valence-electron chi connectivity index (χ0n) is 8.12. The highest BCUT2D eigenvalue weighted by Gasteiger charge is 2.01. The molecule has 0 saturated heterocycles. The van der Waals surface area contributed by atoms with Gasteiger partial charge in [0, 0.05) is 15.6 Å². The van der Waals surface area contributed by atoms with Crippen LogP contribution in [0.4, 0.5) is 0 Å². The van der Waals surface area contributed by atoms with E-state index in [2.05, 4.69) is 26.1 Å².